The highest BCUT2D eigenvalue weighted by molar-refractivity contribution is 6.35. The lowest BCUT2D eigenvalue weighted by molar-refractivity contribution is 0.0165. The number of hydrogen-bond acceptors (Lipinski definition) is 7. The van der Waals surface area contributed by atoms with Gasteiger partial charge in [-0.05, 0) is 63.8 Å². The number of amides is 2. The lowest BCUT2D eigenvalue weighted by Gasteiger charge is -2.33. The first kappa shape index (κ1) is 26.3. The molecule has 1 fully saturated rings. The van der Waals surface area contributed by atoms with Crippen molar-refractivity contribution in [2.75, 3.05) is 32.1 Å². The number of hydrogen-bond donors (Lipinski definition) is 2. The molecule has 0 bridgehead atoms. The molecule has 1 aliphatic rings. The third-order valence-electron chi connectivity index (χ3n) is 6.08. The molecule has 2 heterocycles. The maximum absolute atomic E-state index is 12.3. The number of fused-ring (bicyclic) bond motifs is 1. The summed E-state index contributed by atoms with van der Waals surface area (Å²) in [5.41, 5.74) is 2.05. The molecular formula is C27H32BN5O4. The molecule has 10 heteroatoms. The third-order valence-corrected chi connectivity index (χ3v) is 6.08. The van der Waals surface area contributed by atoms with Crippen molar-refractivity contribution >= 4 is 47.8 Å². The first-order valence-corrected chi connectivity index (χ1v) is 12.4. The van der Waals surface area contributed by atoms with E-state index in [2.05, 4.69) is 20.6 Å². The van der Waals surface area contributed by atoms with Crippen molar-refractivity contribution in [3.05, 3.63) is 48.2 Å². The largest absolute Gasteiger partial charge is 0.494 e. The molecule has 9 nitrogen and oxygen atoms in total. The smallest absolute Gasteiger partial charge is 0.410 e. The quantitative estimate of drug-likeness (QED) is 0.498. The number of benzene rings is 2. The Labute approximate surface area is 218 Å². The van der Waals surface area contributed by atoms with E-state index >= 15 is 0 Å². The molecule has 0 saturated carbocycles. The summed E-state index contributed by atoms with van der Waals surface area (Å²) in [7, 11) is 7.83. The van der Waals surface area contributed by atoms with E-state index < -0.39 is 5.60 Å². The zero-order valence-electron chi connectivity index (χ0n) is 21.7. The van der Waals surface area contributed by atoms with E-state index in [-0.39, 0.29) is 12.0 Å². The average molecular weight is 501 g/mol. The number of carbonyl (C=O) groups excluding carboxylic acids is 2. The van der Waals surface area contributed by atoms with Gasteiger partial charge in [0.05, 0.1) is 12.1 Å². The van der Waals surface area contributed by atoms with Crippen LogP contribution in [0.5, 0.6) is 5.75 Å². The first-order chi connectivity index (χ1) is 17.6. The average Bonchev–Trinajstić information content (AvgIpc) is 2.87. The number of carbonyl (C=O) groups is 2. The van der Waals surface area contributed by atoms with Crippen molar-refractivity contribution in [2.24, 2.45) is 5.92 Å². The Morgan fingerprint density at radius 3 is 2.49 bits per heavy atom. The Morgan fingerprint density at radius 1 is 1.14 bits per heavy atom. The van der Waals surface area contributed by atoms with E-state index in [4.69, 9.17) is 17.3 Å². The van der Waals surface area contributed by atoms with E-state index in [1.807, 2.05) is 26.8 Å². The SMILES string of the molecule is [B]c1cc2cnc(Nc3ccc(C(=O)NC)cc3)nc2cc1OCC1CCN(C(=O)OC(C)(C)C)CC1. The minimum absolute atomic E-state index is 0.146. The number of anilines is 2. The van der Waals surface area contributed by atoms with Gasteiger partial charge in [0, 0.05) is 49.0 Å². The van der Waals surface area contributed by atoms with Crippen LogP contribution in [0.2, 0.25) is 0 Å². The first-order valence-electron chi connectivity index (χ1n) is 12.4. The molecule has 0 atom stereocenters. The molecule has 0 unspecified atom stereocenters. The topological polar surface area (TPSA) is 106 Å². The maximum atomic E-state index is 12.3. The number of likely N-dealkylation sites (tertiary alicyclic amines) is 1. The van der Waals surface area contributed by atoms with Gasteiger partial charge in [0.25, 0.3) is 5.91 Å². The zero-order chi connectivity index (χ0) is 26.6. The Balaban J connectivity index is 1.37. The highest BCUT2D eigenvalue weighted by atomic mass is 16.6. The van der Waals surface area contributed by atoms with Crippen LogP contribution in [0.1, 0.15) is 44.0 Å². The van der Waals surface area contributed by atoms with E-state index in [1.54, 1.807) is 48.5 Å². The van der Waals surface area contributed by atoms with Gasteiger partial charge in [-0.2, -0.15) is 0 Å². The standard InChI is InChI=1S/C27H32BN5O4/c1-27(2,3)37-26(35)33-11-9-17(10-12-33)16-36-23-14-22-19(13-21(23)28)15-30-25(32-22)31-20-7-5-18(6-8-20)24(34)29-4/h5-8,13-15,17H,9-12,16H2,1-4H3,(H,29,34)(H,30,31,32). The number of piperidine rings is 1. The van der Waals surface area contributed by atoms with Crippen molar-refractivity contribution < 1.29 is 19.1 Å². The summed E-state index contributed by atoms with van der Waals surface area (Å²) in [5.74, 6) is 1.16. The fourth-order valence-corrected chi connectivity index (χ4v) is 4.06. The van der Waals surface area contributed by atoms with Crippen molar-refractivity contribution in [3.8, 4) is 5.75 Å². The molecular weight excluding hydrogens is 469 g/mol. The summed E-state index contributed by atoms with van der Waals surface area (Å²) in [4.78, 5) is 34.7. The number of ether oxygens (including phenoxy) is 2. The van der Waals surface area contributed by atoms with Crippen LogP contribution in [0.25, 0.3) is 10.9 Å². The fraction of sp³-hybridized carbons (Fsp3) is 0.407. The molecule has 1 saturated heterocycles. The van der Waals surface area contributed by atoms with Crippen LogP contribution in [-0.2, 0) is 4.74 Å². The molecule has 1 aliphatic heterocycles. The van der Waals surface area contributed by atoms with Gasteiger partial charge in [-0.3, -0.25) is 4.79 Å². The van der Waals surface area contributed by atoms with Gasteiger partial charge in [-0.15, -0.1) is 0 Å². The van der Waals surface area contributed by atoms with Crippen LogP contribution in [0.3, 0.4) is 0 Å². The van der Waals surface area contributed by atoms with Crippen molar-refractivity contribution in [2.45, 2.75) is 39.2 Å². The summed E-state index contributed by atoms with van der Waals surface area (Å²) < 4.78 is 11.6. The van der Waals surface area contributed by atoms with Gasteiger partial charge in [0.1, 0.15) is 19.2 Å². The molecule has 2 radical (unpaired) electrons. The molecule has 1 aromatic heterocycles. The van der Waals surface area contributed by atoms with Crippen LogP contribution >= 0.6 is 0 Å². The monoisotopic (exact) mass is 501 g/mol. The molecule has 2 amide bonds. The molecule has 0 aliphatic carbocycles. The summed E-state index contributed by atoms with van der Waals surface area (Å²) >= 11 is 0. The number of rotatable bonds is 6. The maximum Gasteiger partial charge on any atom is 0.410 e. The Morgan fingerprint density at radius 2 is 1.84 bits per heavy atom. The van der Waals surface area contributed by atoms with Crippen molar-refractivity contribution in [1.82, 2.24) is 20.2 Å². The number of nitrogens with zero attached hydrogens (tertiary/aromatic N) is 3. The Bertz CT molecular complexity index is 1270. The third kappa shape index (κ3) is 6.90. The van der Waals surface area contributed by atoms with Gasteiger partial charge in [0.15, 0.2) is 0 Å². The molecule has 2 aromatic carbocycles. The normalized spacial score (nSPS) is 14.3. The molecule has 192 valence electrons. The molecule has 4 rings (SSSR count). The predicted octanol–water partition coefficient (Wildman–Crippen LogP) is 3.55. The lowest BCUT2D eigenvalue weighted by atomic mass is 9.93. The van der Waals surface area contributed by atoms with Crippen LogP contribution in [0.15, 0.2) is 42.6 Å². The zero-order valence-corrected chi connectivity index (χ0v) is 21.7. The van der Waals surface area contributed by atoms with E-state index in [1.165, 1.54) is 0 Å². The van der Waals surface area contributed by atoms with Crippen LogP contribution in [-0.4, -0.2) is 67.1 Å². The minimum Gasteiger partial charge on any atom is -0.494 e. The molecule has 3 aromatic rings. The Hall–Kier alpha value is -3.82. The predicted molar refractivity (Wildman–Crippen MR) is 144 cm³/mol. The highest BCUT2D eigenvalue weighted by Crippen LogP contribution is 2.23. The summed E-state index contributed by atoms with van der Waals surface area (Å²) in [6.45, 7) is 7.40. The minimum atomic E-state index is -0.499. The van der Waals surface area contributed by atoms with Crippen LogP contribution in [0, 0.1) is 5.92 Å². The number of nitrogens with one attached hydrogen (secondary N) is 2. The number of aromatic nitrogens is 2. The Kier molecular flexibility index (Phi) is 7.85. The van der Waals surface area contributed by atoms with Crippen LogP contribution < -0.4 is 20.8 Å². The summed E-state index contributed by atoms with van der Waals surface area (Å²) in [5, 5.41) is 6.56. The van der Waals surface area contributed by atoms with Crippen molar-refractivity contribution in [1.29, 1.82) is 0 Å². The van der Waals surface area contributed by atoms with Gasteiger partial charge >= 0.3 is 6.09 Å². The molecule has 2 N–H and O–H groups in total. The highest BCUT2D eigenvalue weighted by Gasteiger charge is 2.27. The second-order valence-electron chi connectivity index (χ2n) is 10.1. The van der Waals surface area contributed by atoms with Gasteiger partial charge in [0.2, 0.25) is 5.95 Å². The second kappa shape index (κ2) is 11.1. The second-order valence-corrected chi connectivity index (χ2v) is 10.1. The van der Waals surface area contributed by atoms with Gasteiger partial charge < -0.3 is 25.0 Å². The molecule has 0 spiro atoms. The molecule has 37 heavy (non-hydrogen) atoms. The summed E-state index contributed by atoms with van der Waals surface area (Å²) in [6.07, 6.45) is 3.11. The van der Waals surface area contributed by atoms with Gasteiger partial charge in [-0.1, -0.05) is 11.5 Å². The lowest BCUT2D eigenvalue weighted by Crippen LogP contribution is -2.42. The van der Waals surface area contributed by atoms with Crippen molar-refractivity contribution in [3.63, 3.8) is 0 Å². The summed E-state index contributed by atoms with van der Waals surface area (Å²) in [6, 6.07) is 10.7. The van der Waals surface area contributed by atoms with Gasteiger partial charge in [-0.25, -0.2) is 14.8 Å². The van der Waals surface area contributed by atoms with E-state index in [0.29, 0.717) is 53.9 Å². The van der Waals surface area contributed by atoms with E-state index in [9.17, 15) is 9.59 Å². The van der Waals surface area contributed by atoms with Crippen LogP contribution in [0.4, 0.5) is 16.4 Å². The van der Waals surface area contributed by atoms with E-state index in [0.717, 1.165) is 23.9 Å². The fourth-order valence-electron chi connectivity index (χ4n) is 4.06.